The lowest BCUT2D eigenvalue weighted by Gasteiger charge is -2.08. The Kier molecular flexibility index (Phi) is 4.58. The summed E-state index contributed by atoms with van der Waals surface area (Å²) in [6, 6.07) is 10.4. The zero-order valence-electron chi connectivity index (χ0n) is 14.8. The monoisotopic (exact) mass is 366 g/mol. The molecule has 1 saturated carbocycles. The fraction of sp³-hybridized carbons (Fsp3) is 0.300. The van der Waals surface area contributed by atoms with Crippen molar-refractivity contribution in [2.75, 3.05) is 13.2 Å². The van der Waals surface area contributed by atoms with Crippen molar-refractivity contribution in [1.29, 1.82) is 0 Å². The second-order valence-electron chi connectivity index (χ2n) is 6.45. The van der Waals surface area contributed by atoms with Crippen LogP contribution in [0.15, 0.2) is 40.9 Å². The lowest BCUT2D eigenvalue weighted by atomic mass is 10.1. The first-order valence-corrected chi connectivity index (χ1v) is 8.79. The number of esters is 2. The average molecular weight is 366 g/mol. The van der Waals surface area contributed by atoms with Crippen molar-refractivity contribution in [2.45, 2.75) is 25.7 Å². The molecule has 4 rings (SSSR count). The topological polar surface area (TPSA) is 91.5 Å². The number of aromatic nitrogens is 2. The molecule has 1 aliphatic carbocycles. The van der Waals surface area contributed by atoms with Crippen LogP contribution in [0.25, 0.3) is 11.1 Å². The second-order valence-corrected chi connectivity index (χ2v) is 6.45. The molecular formula is C20H18N2O5. The zero-order chi connectivity index (χ0) is 18.8. The lowest BCUT2D eigenvalue weighted by molar-refractivity contribution is 0.0266. The zero-order valence-corrected chi connectivity index (χ0v) is 14.8. The first kappa shape index (κ1) is 17.2. The third-order valence-electron chi connectivity index (χ3n) is 4.41. The molecule has 0 N–H and O–H groups in total. The van der Waals surface area contributed by atoms with Crippen molar-refractivity contribution in [1.82, 2.24) is 10.1 Å². The van der Waals surface area contributed by atoms with Crippen molar-refractivity contribution in [3.05, 3.63) is 58.9 Å². The Morgan fingerprint density at radius 2 is 1.81 bits per heavy atom. The molecule has 27 heavy (non-hydrogen) atoms. The van der Waals surface area contributed by atoms with E-state index in [-0.39, 0.29) is 13.2 Å². The second kappa shape index (κ2) is 7.19. The number of fused-ring (bicyclic) bond motifs is 1. The normalized spacial score (nSPS) is 13.5. The molecule has 7 nitrogen and oxygen atoms in total. The summed E-state index contributed by atoms with van der Waals surface area (Å²) >= 11 is 0. The number of benzene rings is 1. The first-order chi connectivity index (χ1) is 13.1. The van der Waals surface area contributed by atoms with Crippen LogP contribution >= 0.6 is 0 Å². The highest BCUT2D eigenvalue weighted by Crippen LogP contribution is 2.40. The maximum Gasteiger partial charge on any atom is 0.339 e. The third kappa shape index (κ3) is 3.67. The number of rotatable bonds is 6. The number of carbonyl (C=O) groups excluding carboxylic acids is 2. The van der Waals surface area contributed by atoms with E-state index in [1.807, 2.05) is 6.07 Å². The third-order valence-corrected chi connectivity index (χ3v) is 4.41. The van der Waals surface area contributed by atoms with Crippen LogP contribution in [-0.4, -0.2) is 35.3 Å². The number of hydrogen-bond acceptors (Lipinski definition) is 7. The van der Waals surface area contributed by atoms with Gasteiger partial charge in [0, 0.05) is 11.6 Å². The summed E-state index contributed by atoms with van der Waals surface area (Å²) in [5.74, 6) is -0.603. The van der Waals surface area contributed by atoms with Gasteiger partial charge in [0.2, 0.25) is 0 Å². The van der Waals surface area contributed by atoms with Gasteiger partial charge in [-0.3, -0.25) is 0 Å². The minimum Gasteiger partial charge on any atom is -0.458 e. The van der Waals surface area contributed by atoms with Crippen LogP contribution < -0.4 is 0 Å². The Balaban J connectivity index is 1.41. The van der Waals surface area contributed by atoms with Gasteiger partial charge in [0.25, 0.3) is 5.71 Å². The summed E-state index contributed by atoms with van der Waals surface area (Å²) in [5, 5.41) is 4.46. The minimum atomic E-state index is -0.508. The summed E-state index contributed by atoms with van der Waals surface area (Å²) in [6.45, 7) is 1.69. The fourth-order valence-electron chi connectivity index (χ4n) is 2.87. The lowest BCUT2D eigenvalue weighted by Crippen LogP contribution is -2.14. The van der Waals surface area contributed by atoms with Crippen LogP contribution in [0.3, 0.4) is 0 Å². The van der Waals surface area contributed by atoms with E-state index in [2.05, 4.69) is 10.1 Å². The Hall–Kier alpha value is -3.22. The summed E-state index contributed by atoms with van der Waals surface area (Å²) in [6.07, 6.45) is 2.10. The molecule has 0 saturated heterocycles. The Morgan fingerprint density at radius 3 is 2.52 bits per heavy atom. The number of hydrogen-bond donors (Lipinski definition) is 0. The predicted molar refractivity (Wildman–Crippen MR) is 95.5 cm³/mol. The molecule has 2 heterocycles. The van der Waals surface area contributed by atoms with Crippen LogP contribution in [0.1, 0.15) is 50.9 Å². The van der Waals surface area contributed by atoms with Gasteiger partial charge in [-0.2, -0.15) is 0 Å². The smallest absolute Gasteiger partial charge is 0.339 e. The highest BCUT2D eigenvalue weighted by Gasteiger charge is 2.29. The number of carbonyl (C=O) groups is 2. The Morgan fingerprint density at radius 1 is 1.11 bits per heavy atom. The highest BCUT2D eigenvalue weighted by atomic mass is 16.6. The molecule has 0 atom stereocenters. The van der Waals surface area contributed by atoms with E-state index >= 15 is 0 Å². The van der Waals surface area contributed by atoms with Crippen LogP contribution in [0.5, 0.6) is 0 Å². The van der Waals surface area contributed by atoms with Gasteiger partial charge in [0.05, 0.1) is 22.2 Å². The molecule has 138 valence electrons. The number of aryl methyl sites for hydroxylation is 1. The van der Waals surface area contributed by atoms with Gasteiger partial charge in [-0.05, 0) is 38.0 Å². The van der Waals surface area contributed by atoms with E-state index in [0.717, 1.165) is 18.5 Å². The molecule has 0 bridgehead atoms. The van der Waals surface area contributed by atoms with Gasteiger partial charge in [-0.25, -0.2) is 14.6 Å². The van der Waals surface area contributed by atoms with Gasteiger partial charge < -0.3 is 14.0 Å². The molecule has 2 aromatic heterocycles. The number of nitrogens with zero attached hydrogens (tertiary/aromatic N) is 2. The molecule has 1 aliphatic rings. The van der Waals surface area contributed by atoms with Crippen LogP contribution in [0.4, 0.5) is 0 Å². The molecule has 1 fully saturated rings. The van der Waals surface area contributed by atoms with Gasteiger partial charge in [-0.15, -0.1) is 0 Å². The minimum absolute atomic E-state index is 0.0220. The largest absolute Gasteiger partial charge is 0.458 e. The maximum atomic E-state index is 12.6. The van der Waals surface area contributed by atoms with Crippen molar-refractivity contribution >= 4 is 23.0 Å². The van der Waals surface area contributed by atoms with Crippen LogP contribution in [0, 0.1) is 6.92 Å². The molecule has 0 unspecified atom stereocenters. The van der Waals surface area contributed by atoms with Crippen molar-refractivity contribution < 1.29 is 23.6 Å². The molecule has 0 amide bonds. The van der Waals surface area contributed by atoms with Crippen molar-refractivity contribution in [3.8, 4) is 0 Å². The van der Waals surface area contributed by atoms with E-state index < -0.39 is 11.9 Å². The summed E-state index contributed by atoms with van der Waals surface area (Å²) in [4.78, 5) is 28.9. The summed E-state index contributed by atoms with van der Waals surface area (Å²) < 4.78 is 15.6. The highest BCUT2D eigenvalue weighted by molar-refractivity contribution is 6.03. The maximum absolute atomic E-state index is 12.6. The molecule has 7 heteroatoms. The SMILES string of the molecule is Cc1noc2nc(C3CC3)cc(C(=O)OCCOC(=O)c3ccccc3)c12. The average Bonchev–Trinajstić information content (AvgIpc) is 3.48. The van der Waals surface area contributed by atoms with Gasteiger partial charge in [0.1, 0.15) is 13.2 Å². The quantitative estimate of drug-likeness (QED) is 0.487. The first-order valence-electron chi connectivity index (χ1n) is 8.79. The standard InChI is InChI=1S/C20H18N2O5/c1-12-17-15(11-16(13-7-8-13)21-18(17)27-22-12)20(24)26-10-9-25-19(23)14-5-3-2-4-6-14/h2-6,11,13H,7-10H2,1H3. The molecule has 3 aromatic rings. The molecule has 0 spiro atoms. The van der Waals surface area contributed by atoms with Crippen LogP contribution in [-0.2, 0) is 9.47 Å². The summed E-state index contributed by atoms with van der Waals surface area (Å²) in [7, 11) is 0. The van der Waals surface area contributed by atoms with E-state index in [0.29, 0.717) is 33.8 Å². The predicted octanol–water partition coefficient (Wildman–Crippen LogP) is 3.42. The number of ether oxygens (including phenoxy) is 2. The summed E-state index contributed by atoms with van der Waals surface area (Å²) in [5.41, 5.74) is 2.59. The molecular weight excluding hydrogens is 348 g/mol. The number of pyridine rings is 1. The van der Waals surface area contributed by atoms with Gasteiger partial charge in [-0.1, -0.05) is 23.4 Å². The van der Waals surface area contributed by atoms with E-state index in [4.69, 9.17) is 14.0 Å². The fourth-order valence-corrected chi connectivity index (χ4v) is 2.87. The van der Waals surface area contributed by atoms with Crippen LogP contribution in [0.2, 0.25) is 0 Å². The Bertz CT molecular complexity index is 992. The van der Waals surface area contributed by atoms with Gasteiger partial charge in [0.15, 0.2) is 0 Å². The van der Waals surface area contributed by atoms with E-state index in [1.165, 1.54) is 0 Å². The molecule has 0 aliphatic heterocycles. The van der Waals surface area contributed by atoms with E-state index in [9.17, 15) is 9.59 Å². The van der Waals surface area contributed by atoms with Crippen molar-refractivity contribution in [3.63, 3.8) is 0 Å². The Labute approximate surface area is 155 Å². The molecule has 1 aromatic carbocycles. The van der Waals surface area contributed by atoms with Crippen molar-refractivity contribution in [2.24, 2.45) is 0 Å². The van der Waals surface area contributed by atoms with Gasteiger partial charge >= 0.3 is 11.9 Å². The van der Waals surface area contributed by atoms with E-state index in [1.54, 1.807) is 37.3 Å². The molecule has 0 radical (unpaired) electrons.